The van der Waals surface area contributed by atoms with Gasteiger partial charge in [0.05, 0.1) is 9.82 Å². The number of hydrogen-bond acceptors (Lipinski definition) is 10. The van der Waals surface area contributed by atoms with Crippen molar-refractivity contribution in [2.75, 3.05) is 31.2 Å². The molecule has 2 N–H and O–H groups in total. The lowest BCUT2D eigenvalue weighted by atomic mass is 9.86. The lowest BCUT2D eigenvalue weighted by molar-refractivity contribution is -0.384. The molecule has 1 atom stereocenters. The summed E-state index contributed by atoms with van der Waals surface area (Å²) in [6.45, 7) is 1.42. The molecule has 2 aliphatic rings. The number of carbonyl (C=O) groups excluding carboxylic acids is 1. The topological polar surface area (TPSA) is 146 Å². The van der Waals surface area contributed by atoms with E-state index in [2.05, 4.69) is 26.4 Å². The molecule has 0 aromatic heterocycles. The molecule has 1 aliphatic heterocycles. The van der Waals surface area contributed by atoms with Crippen molar-refractivity contribution in [3.8, 4) is 12.3 Å². The lowest BCUT2D eigenvalue weighted by Gasteiger charge is -2.27. The van der Waals surface area contributed by atoms with Crippen LogP contribution in [0, 0.1) is 22.5 Å². The number of nitro benzene ring substituents is 1. The molecule has 45 heavy (non-hydrogen) atoms. The molecule has 14 heteroatoms. The minimum atomic E-state index is -4.54. The number of anilines is 1. The number of nitrogens with zero attached hydrogens (tertiary/aromatic N) is 4. The molecule has 1 fully saturated rings. The highest BCUT2D eigenvalue weighted by Crippen LogP contribution is 2.37. The van der Waals surface area contributed by atoms with Crippen molar-refractivity contribution in [2.45, 2.75) is 85.0 Å². The number of rotatable bonds is 17. The van der Waals surface area contributed by atoms with Crippen molar-refractivity contribution >= 4 is 39.1 Å². The number of carbonyl (C=O) groups is 1. The zero-order chi connectivity index (χ0) is 32.5. The average Bonchev–Trinajstić information content (AvgIpc) is 3.81. The van der Waals surface area contributed by atoms with Gasteiger partial charge < -0.3 is 10.2 Å². The quantitative estimate of drug-likeness (QED) is 0.0920. The second-order valence-corrected chi connectivity index (χ2v) is 14.4. The van der Waals surface area contributed by atoms with Gasteiger partial charge in [0.25, 0.3) is 21.6 Å². The fraction of sp³-hybridized carbons (Fsp3) is 0.516. The van der Waals surface area contributed by atoms with Crippen molar-refractivity contribution in [3.05, 3.63) is 58.6 Å². The van der Waals surface area contributed by atoms with E-state index in [4.69, 9.17) is 6.42 Å². The fourth-order valence-corrected chi connectivity index (χ4v) is 7.27. The van der Waals surface area contributed by atoms with Gasteiger partial charge in [-0.05, 0) is 70.0 Å². The molecular formula is C31H39FN6O5S2. The number of nitro groups is 1. The zero-order valence-corrected chi connectivity index (χ0v) is 26.9. The molecule has 2 aromatic carbocycles. The Morgan fingerprint density at radius 3 is 2.51 bits per heavy atom. The number of halogens is 1. The Morgan fingerprint density at radius 1 is 1.16 bits per heavy atom. The smallest absolute Gasteiger partial charge is 0.293 e. The Morgan fingerprint density at radius 2 is 1.87 bits per heavy atom. The predicted octanol–water partition coefficient (Wildman–Crippen LogP) is 5.93. The van der Waals surface area contributed by atoms with Gasteiger partial charge in [0.2, 0.25) is 0 Å². The van der Waals surface area contributed by atoms with Crippen LogP contribution in [0.3, 0.4) is 0 Å². The van der Waals surface area contributed by atoms with Gasteiger partial charge in [-0.1, -0.05) is 24.6 Å². The third kappa shape index (κ3) is 9.72. The molecule has 1 saturated carbocycles. The molecule has 11 nitrogen and oxygen atoms in total. The number of sulfonamides is 1. The first-order valence-corrected chi connectivity index (χ1v) is 17.5. The van der Waals surface area contributed by atoms with E-state index in [9.17, 15) is 23.3 Å². The normalized spacial score (nSPS) is 17.3. The zero-order valence-electron chi connectivity index (χ0n) is 25.3. The molecule has 0 bridgehead atoms. The van der Waals surface area contributed by atoms with Gasteiger partial charge >= 0.3 is 0 Å². The highest BCUT2D eigenvalue weighted by atomic mass is 32.2. The van der Waals surface area contributed by atoms with Crippen molar-refractivity contribution in [1.29, 1.82) is 0 Å². The van der Waals surface area contributed by atoms with Gasteiger partial charge in [-0.25, -0.2) is 17.5 Å². The van der Waals surface area contributed by atoms with E-state index in [0.717, 1.165) is 36.8 Å². The molecular weight excluding hydrogens is 620 g/mol. The summed E-state index contributed by atoms with van der Waals surface area (Å²) >= 11 is 1.60. The summed E-state index contributed by atoms with van der Waals surface area (Å²) in [5, 5.41) is 23.7. The summed E-state index contributed by atoms with van der Waals surface area (Å²) in [7, 11) is -2.55. The van der Waals surface area contributed by atoms with Crippen LogP contribution in [-0.4, -0.2) is 67.4 Å². The van der Waals surface area contributed by atoms with Gasteiger partial charge in [-0.15, -0.1) is 24.1 Å². The molecule has 1 heterocycles. The van der Waals surface area contributed by atoms with Crippen LogP contribution in [-0.2, 0) is 14.8 Å². The number of thioether (sulfide) groups is 1. The van der Waals surface area contributed by atoms with Gasteiger partial charge in [0.1, 0.15) is 5.69 Å². The Balaban J connectivity index is 1.45. The van der Waals surface area contributed by atoms with Gasteiger partial charge in [0, 0.05) is 48.6 Å². The van der Waals surface area contributed by atoms with E-state index >= 15 is 4.39 Å². The summed E-state index contributed by atoms with van der Waals surface area (Å²) in [6.07, 6.45) is 9.72. The predicted molar refractivity (Wildman–Crippen MR) is 172 cm³/mol. The first-order chi connectivity index (χ1) is 21.5. The highest BCUT2D eigenvalue weighted by Gasteiger charge is 2.42. The number of terminal acetylenes is 1. The SMILES string of the molecule is C#CCCC1(CCN(C)CC[C@H](CSc2ccccc2)Nc2ccc(S(=O)(=O)NC(=O)C3(F)CCCCC3)cc2[N+](=O)[O-])N=N1. The largest absolute Gasteiger partial charge is 0.376 e. The van der Waals surface area contributed by atoms with Crippen molar-refractivity contribution < 1.29 is 22.5 Å². The van der Waals surface area contributed by atoms with Crippen LogP contribution in [0.2, 0.25) is 0 Å². The van der Waals surface area contributed by atoms with E-state index in [1.54, 1.807) is 16.5 Å². The fourth-order valence-electron chi connectivity index (χ4n) is 5.22. The second-order valence-electron chi connectivity index (χ2n) is 11.6. The van der Waals surface area contributed by atoms with Gasteiger partial charge in [0.15, 0.2) is 11.3 Å². The molecule has 242 valence electrons. The summed E-state index contributed by atoms with van der Waals surface area (Å²) in [5.74, 6) is 1.98. The van der Waals surface area contributed by atoms with E-state index in [-0.39, 0.29) is 30.2 Å². The number of benzene rings is 2. The maximum Gasteiger partial charge on any atom is 0.293 e. The summed E-state index contributed by atoms with van der Waals surface area (Å²) in [6, 6.07) is 12.9. The Kier molecular flexibility index (Phi) is 11.6. The molecule has 2 aromatic rings. The number of nitrogens with one attached hydrogen (secondary N) is 2. The molecule has 1 aliphatic carbocycles. The molecule has 1 amide bonds. The summed E-state index contributed by atoms with van der Waals surface area (Å²) < 4.78 is 42.9. The van der Waals surface area contributed by atoms with Crippen molar-refractivity contribution in [3.63, 3.8) is 0 Å². The van der Waals surface area contributed by atoms with E-state index in [1.165, 1.54) is 12.1 Å². The standard InChI is InChI=1S/C31H39FN6O5S2/c1-3-4-18-31(35-36-31)19-21-37(2)20-15-24(23-44-25-11-7-5-8-12-25)33-27-14-13-26(22-28(27)38(40)41)45(42,43)34-29(39)30(32)16-9-6-10-17-30/h1,5,7-8,11-14,22,24,33H,4,6,9-10,15-21,23H2,2H3,(H,34,39)/t24-/m1/s1. The van der Waals surface area contributed by atoms with Crippen molar-refractivity contribution in [2.24, 2.45) is 10.2 Å². The monoisotopic (exact) mass is 658 g/mol. The summed E-state index contributed by atoms with van der Waals surface area (Å²) in [5.41, 5.74) is -2.98. The number of amides is 1. The molecule has 0 unspecified atom stereocenters. The second kappa shape index (κ2) is 15.2. The molecule has 0 radical (unpaired) electrons. The van der Waals surface area contributed by atoms with E-state index in [1.807, 2.05) is 37.4 Å². The Labute approximate surface area is 268 Å². The average molecular weight is 659 g/mol. The minimum Gasteiger partial charge on any atom is -0.376 e. The third-order valence-electron chi connectivity index (χ3n) is 8.12. The molecule has 0 saturated heterocycles. The molecule has 0 spiro atoms. The summed E-state index contributed by atoms with van der Waals surface area (Å²) in [4.78, 5) is 26.7. The highest BCUT2D eigenvalue weighted by molar-refractivity contribution is 7.99. The Bertz CT molecular complexity index is 1520. The first kappa shape index (κ1) is 34.3. The number of hydrogen-bond donors (Lipinski definition) is 2. The first-order valence-electron chi connectivity index (χ1n) is 15.0. The van der Waals surface area contributed by atoms with E-state index < -0.39 is 37.1 Å². The van der Waals surface area contributed by atoms with Gasteiger partial charge in [-0.2, -0.15) is 10.2 Å². The third-order valence-corrected chi connectivity index (χ3v) is 10.6. The maximum absolute atomic E-state index is 15.1. The van der Waals surface area contributed by atoms with Crippen LogP contribution in [0.5, 0.6) is 0 Å². The van der Waals surface area contributed by atoms with E-state index in [0.29, 0.717) is 38.0 Å². The van der Waals surface area contributed by atoms with Crippen molar-refractivity contribution in [1.82, 2.24) is 9.62 Å². The molecule has 4 rings (SSSR count). The van der Waals surface area contributed by atoms with Crippen LogP contribution in [0.25, 0.3) is 0 Å². The maximum atomic E-state index is 15.1. The minimum absolute atomic E-state index is 0.0633. The lowest BCUT2D eigenvalue weighted by Crippen LogP contribution is -2.46. The van der Waals surface area contributed by atoms with Crippen LogP contribution in [0.1, 0.15) is 57.8 Å². The van der Waals surface area contributed by atoms with Gasteiger partial charge in [-0.3, -0.25) is 14.9 Å². The van der Waals surface area contributed by atoms with Crippen LogP contribution in [0.15, 0.2) is 68.6 Å². The Hall–Kier alpha value is -3.54. The van der Waals surface area contributed by atoms with Crippen LogP contribution in [0.4, 0.5) is 15.8 Å². The number of alkyl halides is 1. The van der Waals surface area contributed by atoms with Crippen LogP contribution < -0.4 is 10.0 Å². The van der Waals surface area contributed by atoms with Crippen LogP contribution >= 0.6 is 11.8 Å².